The normalized spacial score (nSPS) is 17.5. The molecule has 1 unspecified atom stereocenters. The highest BCUT2D eigenvalue weighted by atomic mass is 32.1. The van der Waals surface area contributed by atoms with E-state index < -0.39 is 0 Å². The number of benzene rings is 1. The molecule has 0 amide bonds. The summed E-state index contributed by atoms with van der Waals surface area (Å²) < 4.78 is 13.2. The zero-order valence-corrected chi connectivity index (χ0v) is 12.5. The van der Waals surface area contributed by atoms with E-state index in [4.69, 9.17) is 0 Å². The molecule has 106 valence electrons. The van der Waals surface area contributed by atoms with Crippen LogP contribution in [0.4, 0.5) is 9.52 Å². The summed E-state index contributed by atoms with van der Waals surface area (Å²) >= 11 is 1.62. The summed E-state index contributed by atoms with van der Waals surface area (Å²) in [5, 5.41) is 13.8. The summed E-state index contributed by atoms with van der Waals surface area (Å²) in [6.45, 7) is 4.35. The van der Waals surface area contributed by atoms with Gasteiger partial charge in [-0.25, -0.2) is 4.39 Å². The molecule has 0 aliphatic heterocycles. The summed E-state index contributed by atoms with van der Waals surface area (Å²) in [7, 11) is 0. The van der Waals surface area contributed by atoms with Crippen LogP contribution in [-0.2, 0) is 12.8 Å². The first-order valence-corrected chi connectivity index (χ1v) is 7.80. The van der Waals surface area contributed by atoms with Gasteiger partial charge in [0.2, 0.25) is 5.13 Å². The van der Waals surface area contributed by atoms with E-state index in [1.807, 2.05) is 6.07 Å². The molecule has 0 radical (unpaired) electrons. The maximum absolute atomic E-state index is 13.2. The topological polar surface area (TPSA) is 37.8 Å². The SMILES string of the molecule is CC(C)Cc1nnc(NC2CCc3cc(F)ccc32)s1. The summed E-state index contributed by atoms with van der Waals surface area (Å²) in [5.41, 5.74) is 2.29. The number of aromatic nitrogens is 2. The standard InChI is InChI=1S/C15H18FN3S/c1-9(2)7-14-18-19-15(20-14)17-13-6-3-10-8-11(16)4-5-12(10)13/h4-5,8-9,13H,3,6-7H2,1-2H3,(H,17,19). The molecular formula is C15H18FN3S. The van der Waals surface area contributed by atoms with E-state index >= 15 is 0 Å². The van der Waals surface area contributed by atoms with Crippen LogP contribution in [0.3, 0.4) is 0 Å². The Bertz CT molecular complexity index is 609. The van der Waals surface area contributed by atoms with Crippen molar-refractivity contribution in [2.75, 3.05) is 5.32 Å². The fraction of sp³-hybridized carbons (Fsp3) is 0.467. The van der Waals surface area contributed by atoms with Gasteiger partial charge in [-0.3, -0.25) is 0 Å². The Labute approximate surface area is 122 Å². The van der Waals surface area contributed by atoms with Gasteiger partial charge < -0.3 is 5.32 Å². The van der Waals surface area contributed by atoms with Gasteiger partial charge in [0.25, 0.3) is 0 Å². The van der Waals surface area contributed by atoms with E-state index in [2.05, 4.69) is 29.4 Å². The van der Waals surface area contributed by atoms with Gasteiger partial charge in [-0.15, -0.1) is 10.2 Å². The van der Waals surface area contributed by atoms with Gasteiger partial charge in [-0.1, -0.05) is 31.3 Å². The first kappa shape index (κ1) is 13.5. The van der Waals surface area contributed by atoms with E-state index in [0.29, 0.717) is 5.92 Å². The molecule has 0 saturated carbocycles. The Morgan fingerprint density at radius 3 is 3.05 bits per heavy atom. The molecule has 1 heterocycles. The van der Waals surface area contributed by atoms with Crippen molar-refractivity contribution in [1.29, 1.82) is 0 Å². The first-order chi connectivity index (χ1) is 9.61. The largest absolute Gasteiger partial charge is 0.353 e. The first-order valence-electron chi connectivity index (χ1n) is 6.99. The van der Waals surface area contributed by atoms with Crippen molar-refractivity contribution in [1.82, 2.24) is 10.2 Å². The molecule has 1 aliphatic rings. The molecule has 1 aliphatic carbocycles. The van der Waals surface area contributed by atoms with E-state index in [1.54, 1.807) is 17.4 Å². The van der Waals surface area contributed by atoms with Crippen LogP contribution in [-0.4, -0.2) is 10.2 Å². The molecule has 2 aromatic rings. The van der Waals surface area contributed by atoms with Crippen molar-refractivity contribution in [3.05, 3.63) is 40.2 Å². The quantitative estimate of drug-likeness (QED) is 0.926. The van der Waals surface area contributed by atoms with Crippen molar-refractivity contribution in [3.8, 4) is 0 Å². The van der Waals surface area contributed by atoms with E-state index in [1.165, 1.54) is 11.6 Å². The lowest BCUT2D eigenvalue weighted by Crippen LogP contribution is -2.06. The molecule has 0 spiro atoms. The molecular weight excluding hydrogens is 273 g/mol. The Hall–Kier alpha value is -1.49. The molecule has 0 fully saturated rings. The predicted octanol–water partition coefficient (Wildman–Crippen LogP) is 3.98. The predicted molar refractivity (Wildman–Crippen MR) is 79.5 cm³/mol. The smallest absolute Gasteiger partial charge is 0.206 e. The van der Waals surface area contributed by atoms with Crippen LogP contribution in [0.2, 0.25) is 0 Å². The zero-order valence-electron chi connectivity index (χ0n) is 11.7. The van der Waals surface area contributed by atoms with Crippen LogP contribution in [0.1, 0.15) is 42.4 Å². The molecule has 3 rings (SSSR count). The Kier molecular flexibility index (Phi) is 3.70. The highest BCUT2D eigenvalue weighted by molar-refractivity contribution is 7.15. The van der Waals surface area contributed by atoms with Crippen molar-refractivity contribution in [2.24, 2.45) is 5.92 Å². The Balaban J connectivity index is 1.72. The molecule has 0 bridgehead atoms. The molecule has 1 N–H and O–H groups in total. The maximum Gasteiger partial charge on any atom is 0.206 e. The molecule has 20 heavy (non-hydrogen) atoms. The Morgan fingerprint density at radius 2 is 2.25 bits per heavy atom. The average molecular weight is 291 g/mol. The molecule has 1 aromatic carbocycles. The third kappa shape index (κ3) is 2.82. The minimum Gasteiger partial charge on any atom is -0.353 e. The lowest BCUT2D eigenvalue weighted by atomic mass is 10.1. The summed E-state index contributed by atoms with van der Waals surface area (Å²) in [4.78, 5) is 0. The number of nitrogens with zero attached hydrogens (tertiary/aromatic N) is 2. The second-order valence-corrected chi connectivity index (χ2v) is 6.74. The van der Waals surface area contributed by atoms with E-state index in [9.17, 15) is 4.39 Å². The summed E-state index contributed by atoms with van der Waals surface area (Å²) in [6, 6.07) is 5.28. The average Bonchev–Trinajstić information content (AvgIpc) is 2.97. The lowest BCUT2D eigenvalue weighted by molar-refractivity contribution is 0.626. The minimum atomic E-state index is -0.153. The number of aryl methyl sites for hydroxylation is 1. The molecule has 1 atom stereocenters. The van der Waals surface area contributed by atoms with Crippen molar-refractivity contribution in [3.63, 3.8) is 0 Å². The van der Waals surface area contributed by atoms with Gasteiger partial charge in [0.1, 0.15) is 10.8 Å². The summed E-state index contributed by atoms with van der Waals surface area (Å²) in [6.07, 6.45) is 2.87. The second-order valence-electron chi connectivity index (χ2n) is 5.68. The molecule has 0 saturated heterocycles. The van der Waals surface area contributed by atoms with Gasteiger partial charge in [0.05, 0.1) is 6.04 Å². The number of hydrogen-bond donors (Lipinski definition) is 1. The third-order valence-corrected chi connectivity index (χ3v) is 4.41. The van der Waals surface area contributed by atoms with Gasteiger partial charge >= 0.3 is 0 Å². The number of rotatable bonds is 4. The number of anilines is 1. The molecule has 5 heteroatoms. The van der Waals surface area contributed by atoms with Gasteiger partial charge in [0.15, 0.2) is 0 Å². The summed E-state index contributed by atoms with van der Waals surface area (Å²) in [5.74, 6) is 0.436. The maximum atomic E-state index is 13.2. The monoisotopic (exact) mass is 291 g/mol. The number of fused-ring (bicyclic) bond motifs is 1. The number of halogens is 1. The number of nitrogens with one attached hydrogen (secondary N) is 1. The van der Waals surface area contributed by atoms with Gasteiger partial charge in [0, 0.05) is 6.42 Å². The zero-order chi connectivity index (χ0) is 14.1. The van der Waals surface area contributed by atoms with Crippen LogP contribution in [0.5, 0.6) is 0 Å². The second kappa shape index (κ2) is 5.48. The van der Waals surface area contributed by atoms with Crippen LogP contribution >= 0.6 is 11.3 Å². The van der Waals surface area contributed by atoms with Gasteiger partial charge in [-0.2, -0.15) is 0 Å². The fourth-order valence-corrected chi connectivity index (χ4v) is 3.63. The Morgan fingerprint density at radius 1 is 1.40 bits per heavy atom. The molecule has 1 aromatic heterocycles. The van der Waals surface area contributed by atoms with Crippen molar-refractivity contribution >= 4 is 16.5 Å². The van der Waals surface area contributed by atoms with Crippen molar-refractivity contribution < 1.29 is 4.39 Å². The minimum absolute atomic E-state index is 0.153. The van der Waals surface area contributed by atoms with Gasteiger partial charge in [-0.05, 0) is 42.0 Å². The van der Waals surface area contributed by atoms with Crippen molar-refractivity contribution in [2.45, 2.75) is 39.2 Å². The van der Waals surface area contributed by atoms with Crippen LogP contribution < -0.4 is 5.32 Å². The fourth-order valence-electron chi connectivity index (χ4n) is 2.63. The van der Waals surface area contributed by atoms with Crippen LogP contribution in [0.15, 0.2) is 18.2 Å². The lowest BCUT2D eigenvalue weighted by Gasteiger charge is -2.12. The van der Waals surface area contributed by atoms with E-state index in [-0.39, 0.29) is 11.9 Å². The number of hydrogen-bond acceptors (Lipinski definition) is 4. The van der Waals surface area contributed by atoms with Crippen LogP contribution in [0, 0.1) is 11.7 Å². The highest BCUT2D eigenvalue weighted by Gasteiger charge is 2.23. The molecule has 3 nitrogen and oxygen atoms in total. The third-order valence-electron chi connectivity index (χ3n) is 3.53. The van der Waals surface area contributed by atoms with E-state index in [0.717, 1.165) is 35.0 Å². The highest BCUT2D eigenvalue weighted by Crippen LogP contribution is 2.35. The van der Waals surface area contributed by atoms with Crippen LogP contribution in [0.25, 0.3) is 0 Å².